The van der Waals surface area contributed by atoms with E-state index in [1.54, 1.807) is 11.3 Å². The van der Waals surface area contributed by atoms with Gasteiger partial charge in [0.1, 0.15) is 12.1 Å². The number of aliphatic carboxylic acids is 1. The lowest BCUT2D eigenvalue weighted by atomic mass is 10.2. The predicted molar refractivity (Wildman–Crippen MR) is 73.7 cm³/mol. The van der Waals surface area contributed by atoms with Gasteiger partial charge in [-0.15, -0.1) is 11.3 Å². The first-order valence-corrected chi connectivity index (χ1v) is 6.67. The monoisotopic (exact) mass is 281 g/mol. The molecule has 0 aliphatic carbocycles. The largest absolute Gasteiger partial charge is 0.481 e. The molecule has 2 rings (SSSR count). The molecular weight excluding hydrogens is 266 g/mol. The van der Waals surface area contributed by atoms with Crippen LogP contribution in [-0.2, 0) is 9.53 Å². The molecule has 6 nitrogen and oxygen atoms in total. The maximum absolute atomic E-state index is 10.7. The zero-order valence-electron chi connectivity index (χ0n) is 10.7. The fraction of sp³-hybridized carbons (Fsp3) is 0.417. The van der Waals surface area contributed by atoms with Crippen LogP contribution in [0.1, 0.15) is 12.0 Å². The highest BCUT2D eigenvalue weighted by molar-refractivity contribution is 7.18. The van der Waals surface area contributed by atoms with Gasteiger partial charge in [0, 0.05) is 13.7 Å². The number of aryl methyl sites for hydroxylation is 1. The van der Waals surface area contributed by atoms with Crippen molar-refractivity contribution in [3.05, 3.63) is 17.3 Å². The lowest BCUT2D eigenvalue weighted by Gasteiger charge is -2.14. The Morgan fingerprint density at radius 3 is 3.05 bits per heavy atom. The van der Waals surface area contributed by atoms with Gasteiger partial charge in [0.2, 0.25) is 0 Å². The van der Waals surface area contributed by atoms with Crippen LogP contribution in [0.5, 0.6) is 0 Å². The zero-order valence-corrected chi connectivity index (χ0v) is 11.5. The van der Waals surface area contributed by atoms with Crippen molar-refractivity contribution in [2.45, 2.75) is 19.4 Å². The van der Waals surface area contributed by atoms with Crippen molar-refractivity contribution in [2.24, 2.45) is 0 Å². The van der Waals surface area contributed by atoms with E-state index in [1.165, 1.54) is 13.4 Å². The molecule has 7 heteroatoms. The molecule has 0 aliphatic rings. The summed E-state index contributed by atoms with van der Waals surface area (Å²) in [6.45, 7) is 2.39. The highest BCUT2D eigenvalue weighted by Gasteiger charge is 2.14. The molecule has 1 atom stereocenters. The van der Waals surface area contributed by atoms with Crippen molar-refractivity contribution in [3.8, 4) is 0 Å². The molecule has 0 saturated heterocycles. The molecule has 2 aromatic heterocycles. The van der Waals surface area contributed by atoms with Gasteiger partial charge in [0.05, 0.1) is 22.7 Å². The number of thiophene rings is 1. The third-order valence-electron chi connectivity index (χ3n) is 2.76. The minimum atomic E-state index is -0.881. The second kappa shape index (κ2) is 5.94. The van der Waals surface area contributed by atoms with E-state index in [9.17, 15) is 4.79 Å². The summed E-state index contributed by atoms with van der Waals surface area (Å²) in [6.07, 6.45) is 1.08. The van der Waals surface area contributed by atoms with Gasteiger partial charge in [-0.2, -0.15) is 0 Å². The third-order valence-corrected chi connectivity index (χ3v) is 3.86. The number of carboxylic acids is 1. The van der Waals surface area contributed by atoms with Gasteiger partial charge in [0.25, 0.3) is 0 Å². The van der Waals surface area contributed by atoms with Crippen LogP contribution >= 0.6 is 11.3 Å². The summed E-state index contributed by atoms with van der Waals surface area (Å²) in [4.78, 5) is 19.1. The van der Waals surface area contributed by atoms with Gasteiger partial charge in [-0.05, 0) is 17.9 Å². The summed E-state index contributed by atoms with van der Waals surface area (Å²) in [6, 6.07) is 0. The molecule has 0 bridgehead atoms. The number of hydrogen-bond acceptors (Lipinski definition) is 6. The smallest absolute Gasteiger partial charge is 0.306 e. The van der Waals surface area contributed by atoms with E-state index in [0.29, 0.717) is 6.54 Å². The Morgan fingerprint density at radius 2 is 2.37 bits per heavy atom. The summed E-state index contributed by atoms with van der Waals surface area (Å²) in [7, 11) is 1.50. The van der Waals surface area contributed by atoms with Crippen molar-refractivity contribution >= 4 is 33.3 Å². The molecule has 0 spiro atoms. The highest BCUT2D eigenvalue weighted by atomic mass is 32.1. The van der Waals surface area contributed by atoms with Crippen LogP contribution in [0.3, 0.4) is 0 Å². The maximum atomic E-state index is 10.7. The Bertz CT molecular complexity index is 585. The number of carbonyl (C=O) groups is 1. The first kappa shape index (κ1) is 13.7. The molecule has 0 fully saturated rings. The van der Waals surface area contributed by atoms with E-state index in [0.717, 1.165) is 21.6 Å². The number of methoxy groups -OCH3 is 1. The van der Waals surface area contributed by atoms with Crippen LogP contribution in [-0.4, -0.2) is 40.8 Å². The molecule has 2 aromatic rings. The second-order valence-corrected chi connectivity index (χ2v) is 5.03. The first-order valence-electron chi connectivity index (χ1n) is 5.79. The van der Waals surface area contributed by atoms with Crippen molar-refractivity contribution < 1.29 is 14.6 Å². The summed E-state index contributed by atoms with van der Waals surface area (Å²) >= 11 is 1.57. The van der Waals surface area contributed by atoms with E-state index in [4.69, 9.17) is 9.84 Å². The quantitative estimate of drug-likeness (QED) is 0.841. The maximum Gasteiger partial charge on any atom is 0.306 e. The number of fused-ring (bicyclic) bond motifs is 1. The van der Waals surface area contributed by atoms with Crippen molar-refractivity contribution in [2.75, 3.05) is 19.0 Å². The van der Waals surface area contributed by atoms with Gasteiger partial charge in [-0.3, -0.25) is 4.79 Å². The van der Waals surface area contributed by atoms with E-state index in [-0.39, 0.29) is 12.5 Å². The molecule has 102 valence electrons. The number of nitrogens with zero attached hydrogens (tertiary/aromatic N) is 2. The molecule has 2 heterocycles. The number of hydrogen-bond donors (Lipinski definition) is 2. The average molecular weight is 281 g/mol. The predicted octanol–water partition coefficient (Wildman–Crippen LogP) is 1.90. The minimum absolute atomic E-state index is 0.0405. The summed E-state index contributed by atoms with van der Waals surface area (Å²) in [5.41, 5.74) is 2.04. The standard InChI is InChI=1S/C12H15N3O3S/c1-7-5-19-11-10(7)14-6-15-12(11)13-4-8(18-2)3-9(16)17/h5-6,8H,3-4H2,1-2H3,(H,16,17)(H,13,14,15). The van der Waals surface area contributed by atoms with Crippen molar-refractivity contribution in [3.63, 3.8) is 0 Å². The molecule has 0 saturated carbocycles. The number of carboxylic acid groups (broad SMARTS) is 1. The SMILES string of the molecule is COC(CNc1ncnc2c(C)csc12)CC(=O)O. The Kier molecular flexibility index (Phi) is 4.28. The van der Waals surface area contributed by atoms with E-state index < -0.39 is 5.97 Å². The van der Waals surface area contributed by atoms with E-state index in [1.807, 2.05) is 12.3 Å². The van der Waals surface area contributed by atoms with Gasteiger partial charge in [-0.1, -0.05) is 0 Å². The Hall–Kier alpha value is -1.73. The number of nitrogens with one attached hydrogen (secondary N) is 1. The molecule has 0 aliphatic heterocycles. The Morgan fingerprint density at radius 1 is 1.58 bits per heavy atom. The fourth-order valence-corrected chi connectivity index (χ4v) is 2.71. The third kappa shape index (κ3) is 3.18. The molecule has 2 N–H and O–H groups in total. The zero-order chi connectivity index (χ0) is 13.8. The van der Waals surface area contributed by atoms with Crippen LogP contribution in [0, 0.1) is 6.92 Å². The molecule has 19 heavy (non-hydrogen) atoms. The highest BCUT2D eigenvalue weighted by Crippen LogP contribution is 2.28. The van der Waals surface area contributed by atoms with Gasteiger partial charge in [0.15, 0.2) is 0 Å². The fourth-order valence-electron chi connectivity index (χ4n) is 1.74. The lowest BCUT2D eigenvalue weighted by Crippen LogP contribution is -2.25. The number of rotatable bonds is 6. The molecule has 1 unspecified atom stereocenters. The topological polar surface area (TPSA) is 84.3 Å². The van der Waals surface area contributed by atoms with Crippen molar-refractivity contribution in [1.29, 1.82) is 0 Å². The van der Waals surface area contributed by atoms with Crippen LogP contribution < -0.4 is 5.32 Å². The van der Waals surface area contributed by atoms with Gasteiger partial charge in [-0.25, -0.2) is 9.97 Å². The van der Waals surface area contributed by atoms with Gasteiger partial charge < -0.3 is 15.2 Å². The summed E-state index contributed by atoms with van der Waals surface area (Å²) in [5, 5.41) is 13.9. The number of ether oxygens (including phenoxy) is 1. The first-order chi connectivity index (χ1) is 9.11. The number of aromatic nitrogens is 2. The van der Waals surface area contributed by atoms with Crippen LogP contribution in [0.4, 0.5) is 5.82 Å². The molecular formula is C12H15N3O3S. The van der Waals surface area contributed by atoms with Gasteiger partial charge >= 0.3 is 5.97 Å². The normalized spacial score (nSPS) is 12.5. The van der Waals surface area contributed by atoms with Crippen LogP contribution in [0.2, 0.25) is 0 Å². The number of anilines is 1. The molecule has 0 radical (unpaired) electrons. The second-order valence-electron chi connectivity index (χ2n) is 4.16. The molecule has 0 amide bonds. The minimum Gasteiger partial charge on any atom is -0.481 e. The summed E-state index contributed by atoms with van der Waals surface area (Å²) < 4.78 is 6.09. The van der Waals surface area contributed by atoms with E-state index in [2.05, 4.69) is 15.3 Å². The van der Waals surface area contributed by atoms with E-state index >= 15 is 0 Å². The lowest BCUT2D eigenvalue weighted by molar-refractivity contribution is -0.139. The summed E-state index contributed by atoms with van der Waals surface area (Å²) in [5.74, 6) is -0.163. The van der Waals surface area contributed by atoms with Crippen molar-refractivity contribution in [1.82, 2.24) is 9.97 Å². The Balaban J connectivity index is 2.11. The average Bonchev–Trinajstić information content (AvgIpc) is 2.77. The Labute approximate surface area is 114 Å². The van der Waals surface area contributed by atoms with Crippen LogP contribution in [0.15, 0.2) is 11.7 Å². The molecule has 0 aromatic carbocycles. The van der Waals surface area contributed by atoms with Crippen LogP contribution in [0.25, 0.3) is 10.2 Å².